The third kappa shape index (κ3) is 4.56. The lowest BCUT2D eigenvalue weighted by atomic mass is 9.63. The SMILES string of the molecule is COc1cc(C[C@H]2C(=O)C=C[C@H](C)C2(C)C)c(O[Si](C)(C)C(C)(C)C)cc1Br. The Balaban J connectivity index is 2.50. The number of ketones is 1. The molecule has 0 aromatic heterocycles. The van der Waals surface area contributed by atoms with Gasteiger partial charge in [-0.2, -0.15) is 0 Å². The molecule has 0 radical (unpaired) electrons. The van der Waals surface area contributed by atoms with E-state index in [-0.39, 0.29) is 22.2 Å². The molecule has 2 atom stereocenters. The topological polar surface area (TPSA) is 35.5 Å². The van der Waals surface area contributed by atoms with Gasteiger partial charge in [0.2, 0.25) is 8.32 Å². The molecule has 0 amide bonds. The number of hydrogen-bond acceptors (Lipinski definition) is 3. The Morgan fingerprint density at radius 3 is 2.32 bits per heavy atom. The summed E-state index contributed by atoms with van der Waals surface area (Å²) in [6.07, 6.45) is 4.44. The number of carbonyl (C=O) groups is 1. The predicted molar refractivity (Wildman–Crippen MR) is 123 cm³/mol. The van der Waals surface area contributed by atoms with Crippen LogP contribution in [0.15, 0.2) is 28.8 Å². The number of carbonyl (C=O) groups excluding carboxylic acids is 1. The van der Waals surface area contributed by atoms with E-state index in [4.69, 9.17) is 9.16 Å². The molecule has 28 heavy (non-hydrogen) atoms. The highest BCUT2D eigenvalue weighted by molar-refractivity contribution is 9.10. The van der Waals surface area contributed by atoms with Gasteiger partial charge in [0.15, 0.2) is 5.78 Å². The number of ether oxygens (including phenoxy) is 1. The average Bonchev–Trinajstić information content (AvgIpc) is 2.55. The molecule has 1 aliphatic carbocycles. The Morgan fingerprint density at radius 2 is 1.79 bits per heavy atom. The van der Waals surface area contributed by atoms with Crippen LogP contribution in [0.3, 0.4) is 0 Å². The summed E-state index contributed by atoms with van der Waals surface area (Å²) >= 11 is 3.60. The van der Waals surface area contributed by atoms with Crippen molar-refractivity contribution in [3.05, 3.63) is 34.3 Å². The molecular weight excluding hydrogens is 432 g/mol. The van der Waals surface area contributed by atoms with Gasteiger partial charge in [-0.05, 0) is 75.6 Å². The summed E-state index contributed by atoms with van der Waals surface area (Å²) in [4.78, 5) is 12.8. The maximum absolute atomic E-state index is 12.8. The van der Waals surface area contributed by atoms with Gasteiger partial charge >= 0.3 is 0 Å². The zero-order chi connectivity index (χ0) is 21.5. The van der Waals surface area contributed by atoms with Gasteiger partial charge in [-0.25, -0.2) is 0 Å². The zero-order valence-electron chi connectivity index (χ0n) is 18.8. The molecule has 0 aliphatic heterocycles. The number of methoxy groups -OCH3 is 1. The maximum atomic E-state index is 12.8. The van der Waals surface area contributed by atoms with Crippen molar-refractivity contribution >= 4 is 30.0 Å². The van der Waals surface area contributed by atoms with Gasteiger partial charge in [-0.15, -0.1) is 0 Å². The standard InChI is InChI=1S/C23H35BrO3Si/c1-15-10-11-19(25)17(23(15,5)6)12-16-13-21(26-7)18(24)14-20(16)27-28(8,9)22(2,3)4/h10-11,13-15,17H,12H2,1-9H3/t15-,17-/m0/s1. The summed E-state index contributed by atoms with van der Waals surface area (Å²) in [5, 5.41) is 0.0911. The molecule has 1 aromatic rings. The molecule has 0 fully saturated rings. The van der Waals surface area contributed by atoms with Gasteiger partial charge < -0.3 is 9.16 Å². The van der Waals surface area contributed by atoms with Crippen LogP contribution in [-0.2, 0) is 11.2 Å². The van der Waals surface area contributed by atoms with Gasteiger partial charge in [0.1, 0.15) is 11.5 Å². The second-order valence-corrected chi connectivity index (χ2v) is 15.7. The Morgan fingerprint density at radius 1 is 1.18 bits per heavy atom. The smallest absolute Gasteiger partial charge is 0.250 e. The average molecular weight is 468 g/mol. The van der Waals surface area contributed by atoms with Crippen LogP contribution in [0.4, 0.5) is 0 Å². The van der Waals surface area contributed by atoms with Crippen molar-refractivity contribution in [2.45, 2.75) is 66.1 Å². The van der Waals surface area contributed by atoms with E-state index in [0.717, 1.165) is 21.5 Å². The second-order valence-electron chi connectivity index (χ2n) is 10.1. The van der Waals surface area contributed by atoms with Gasteiger partial charge in [0, 0.05) is 5.92 Å². The van der Waals surface area contributed by atoms with Crippen LogP contribution in [0.1, 0.15) is 47.1 Å². The zero-order valence-corrected chi connectivity index (χ0v) is 21.4. The normalized spacial score (nSPS) is 22.3. The fourth-order valence-electron chi connectivity index (χ4n) is 3.29. The lowest BCUT2D eigenvalue weighted by Crippen LogP contribution is -2.44. The van der Waals surface area contributed by atoms with Crippen molar-refractivity contribution in [3.8, 4) is 11.5 Å². The first-order chi connectivity index (χ1) is 12.7. The van der Waals surface area contributed by atoms with Gasteiger partial charge in [0.25, 0.3) is 0 Å². The minimum absolute atomic E-state index is 0.0832. The van der Waals surface area contributed by atoms with E-state index in [1.165, 1.54) is 0 Å². The van der Waals surface area contributed by atoms with E-state index in [1.54, 1.807) is 13.2 Å². The number of allylic oxidation sites excluding steroid dienone is 2. The summed E-state index contributed by atoms with van der Waals surface area (Å²) in [6, 6.07) is 4.03. The summed E-state index contributed by atoms with van der Waals surface area (Å²) in [5.74, 6) is 2.09. The first-order valence-electron chi connectivity index (χ1n) is 9.98. The van der Waals surface area contributed by atoms with Crippen molar-refractivity contribution in [1.29, 1.82) is 0 Å². The molecular formula is C23H35BrO3Si. The molecule has 0 unspecified atom stereocenters. The fourth-order valence-corrected chi connectivity index (χ4v) is 4.82. The maximum Gasteiger partial charge on any atom is 0.250 e. The molecule has 1 aromatic carbocycles. The van der Waals surface area contributed by atoms with E-state index in [0.29, 0.717) is 12.3 Å². The van der Waals surface area contributed by atoms with Crippen molar-refractivity contribution in [3.63, 3.8) is 0 Å². The molecule has 2 rings (SSSR count). The largest absolute Gasteiger partial charge is 0.543 e. The molecule has 5 heteroatoms. The van der Waals surface area contributed by atoms with Crippen LogP contribution >= 0.6 is 15.9 Å². The van der Waals surface area contributed by atoms with E-state index >= 15 is 0 Å². The third-order valence-electron chi connectivity index (χ3n) is 6.89. The number of halogens is 1. The van der Waals surface area contributed by atoms with Crippen molar-refractivity contribution in [2.75, 3.05) is 7.11 Å². The van der Waals surface area contributed by atoms with Gasteiger partial charge in [-0.1, -0.05) is 47.6 Å². The molecule has 0 N–H and O–H groups in total. The van der Waals surface area contributed by atoms with E-state index in [2.05, 4.69) is 70.6 Å². The third-order valence-corrected chi connectivity index (χ3v) is 11.9. The minimum Gasteiger partial charge on any atom is -0.543 e. The van der Waals surface area contributed by atoms with E-state index in [9.17, 15) is 4.79 Å². The van der Waals surface area contributed by atoms with Crippen molar-refractivity contribution < 1.29 is 14.0 Å². The number of benzene rings is 1. The molecule has 0 heterocycles. The van der Waals surface area contributed by atoms with Crippen molar-refractivity contribution in [1.82, 2.24) is 0 Å². The lowest BCUT2D eigenvalue weighted by molar-refractivity contribution is -0.123. The monoisotopic (exact) mass is 466 g/mol. The first-order valence-corrected chi connectivity index (χ1v) is 13.7. The predicted octanol–water partition coefficient (Wildman–Crippen LogP) is 6.80. The van der Waals surface area contributed by atoms with Crippen molar-refractivity contribution in [2.24, 2.45) is 17.3 Å². The quantitative estimate of drug-likeness (QED) is 0.447. The molecule has 0 spiro atoms. The molecule has 1 aliphatic rings. The summed E-state index contributed by atoms with van der Waals surface area (Å²) in [6.45, 7) is 17.8. The minimum atomic E-state index is -2.02. The Hall–Kier alpha value is -1.07. The molecule has 3 nitrogen and oxygen atoms in total. The van der Waals surface area contributed by atoms with Gasteiger partial charge in [-0.3, -0.25) is 4.79 Å². The fraction of sp³-hybridized carbons (Fsp3) is 0.609. The van der Waals surface area contributed by atoms with Crippen LogP contribution < -0.4 is 9.16 Å². The summed E-state index contributed by atoms with van der Waals surface area (Å²) < 4.78 is 13.1. The van der Waals surface area contributed by atoms with Crippen LogP contribution in [0.2, 0.25) is 18.1 Å². The van der Waals surface area contributed by atoms with Crippen LogP contribution in [0, 0.1) is 17.3 Å². The molecule has 0 saturated carbocycles. The lowest BCUT2D eigenvalue weighted by Gasteiger charge is -2.41. The van der Waals surface area contributed by atoms with Crippen LogP contribution in [-0.4, -0.2) is 21.2 Å². The second kappa shape index (κ2) is 7.98. The van der Waals surface area contributed by atoms with Crippen LogP contribution in [0.5, 0.6) is 11.5 Å². The summed E-state index contributed by atoms with van der Waals surface area (Å²) in [7, 11) is -0.355. The van der Waals surface area contributed by atoms with Gasteiger partial charge in [0.05, 0.1) is 11.6 Å². The Kier molecular flexibility index (Phi) is 6.62. The molecule has 156 valence electrons. The molecule has 0 saturated heterocycles. The summed E-state index contributed by atoms with van der Waals surface area (Å²) in [5.41, 5.74) is 0.930. The molecule has 0 bridgehead atoms. The van der Waals surface area contributed by atoms with E-state index < -0.39 is 8.32 Å². The van der Waals surface area contributed by atoms with Crippen LogP contribution in [0.25, 0.3) is 0 Å². The highest BCUT2D eigenvalue weighted by Gasteiger charge is 2.42. The first kappa shape index (κ1) is 23.2. The highest BCUT2D eigenvalue weighted by Crippen LogP contribution is 2.45. The highest BCUT2D eigenvalue weighted by atomic mass is 79.9. The Labute approximate surface area is 180 Å². The van der Waals surface area contributed by atoms with E-state index in [1.807, 2.05) is 18.2 Å². The Bertz CT molecular complexity index is 775. The number of hydrogen-bond donors (Lipinski definition) is 0. The number of rotatable bonds is 5.